The van der Waals surface area contributed by atoms with E-state index >= 15 is 0 Å². The Morgan fingerprint density at radius 3 is 2.42 bits per heavy atom. The van der Waals surface area contributed by atoms with Crippen LogP contribution in [0.4, 0.5) is 0 Å². The maximum Gasteiger partial charge on any atom is 0.246 e. The van der Waals surface area contributed by atoms with Crippen LogP contribution in [0.15, 0.2) is 0 Å². The van der Waals surface area contributed by atoms with Gasteiger partial charge in [-0.15, -0.1) is 0 Å². The van der Waals surface area contributed by atoms with Gasteiger partial charge in [0, 0.05) is 12.1 Å². The summed E-state index contributed by atoms with van der Waals surface area (Å²) in [5, 5.41) is 16.2. The first-order valence-electron chi connectivity index (χ1n) is 12.5. The minimum atomic E-state index is -1.03. The average molecular weight is 466 g/mol. The van der Waals surface area contributed by atoms with Crippen LogP contribution in [0.3, 0.4) is 0 Å². The van der Waals surface area contributed by atoms with Gasteiger partial charge in [0.15, 0.2) is 0 Å². The summed E-state index contributed by atoms with van der Waals surface area (Å²) in [5.74, 6) is -1.98. The van der Waals surface area contributed by atoms with E-state index in [0.717, 1.165) is 12.8 Å². The Kier molecular flexibility index (Phi) is 7.21. The number of likely N-dealkylation sites (tertiary alicyclic amines) is 1. The molecule has 2 unspecified atom stereocenters. The molecule has 3 aliphatic heterocycles. The third-order valence-electron chi connectivity index (χ3n) is 7.35. The van der Waals surface area contributed by atoms with E-state index in [-0.39, 0.29) is 35.8 Å². The molecule has 3 rings (SSSR count). The van der Waals surface area contributed by atoms with Crippen LogP contribution in [-0.2, 0) is 19.1 Å². The summed E-state index contributed by atoms with van der Waals surface area (Å²) in [6, 6.07) is -1.36. The first kappa shape index (κ1) is 25.9. The van der Waals surface area contributed by atoms with Crippen LogP contribution in [0.25, 0.3) is 0 Å². The third kappa shape index (κ3) is 4.65. The number of carbonyl (C=O) groups excluding carboxylic acids is 3. The fourth-order valence-corrected chi connectivity index (χ4v) is 6.64. The van der Waals surface area contributed by atoms with Gasteiger partial charge in [0.25, 0.3) is 0 Å². The number of hydrogen-bond acceptors (Lipinski definition) is 5. The molecule has 1 spiro atoms. The molecule has 0 aliphatic carbocycles. The Hall–Kier alpha value is -1.67. The van der Waals surface area contributed by atoms with Crippen LogP contribution >= 0.6 is 0 Å². The Bertz CT molecular complexity index is 772. The molecule has 0 aromatic rings. The molecule has 3 N–H and O–H groups in total. The van der Waals surface area contributed by atoms with E-state index in [2.05, 4.69) is 31.4 Å². The number of aliphatic hydroxyl groups excluding tert-OH is 1. The quantitative estimate of drug-likeness (QED) is 0.483. The molecular weight excluding hydrogens is 422 g/mol. The SMILES string of the molecule is CCCNC(=O)[C@@H]1[C@H]2C(=O)N([C@@H](CC)CO)C(C(=O)NC(C)(C)CC(C)(C)C)C23CC[C@H]1O3. The number of hydrogen-bond donors (Lipinski definition) is 3. The Morgan fingerprint density at radius 2 is 1.88 bits per heavy atom. The van der Waals surface area contributed by atoms with Crippen LogP contribution in [0.2, 0.25) is 0 Å². The Morgan fingerprint density at radius 1 is 1.21 bits per heavy atom. The number of aliphatic hydroxyl groups is 1. The molecule has 8 heteroatoms. The van der Waals surface area contributed by atoms with E-state index in [1.807, 2.05) is 27.7 Å². The van der Waals surface area contributed by atoms with E-state index in [0.29, 0.717) is 25.8 Å². The van der Waals surface area contributed by atoms with Crippen molar-refractivity contribution in [3.05, 3.63) is 0 Å². The molecule has 0 radical (unpaired) electrons. The lowest BCUT2D eigenvalue weighted by molar-refractivity contribution is -0.146. The van der Waals surface area contributed by atoms with Gasteiger partial charge in [0.2, 0.25) is 17.7 Å². The molecule has 6 atom stereocenters. The fourth-order valence-electron chi connectivity index (χ4n) is 6.64. The minimum Gasteiger partial charge on any atom is -0.394 e. The summed E-state index contributed by atoms with van der Waals surface area (Å²) in [6.45, 7) is 14.5. The second kappa shape index (κ2) is 9.17. The van der Waals surface area contributed by atoms with E-state index in [1.165, 1.54) is 4.90 Å². The predicted molar refractivity (Wildman–Crippen MR) is 125 cm³/mol. The lowest BCUT2D eigenvalue weighted by Gasteiger charge is -2.40. The molecule has 3 saturated heterocycles. The summed E-state index contributed by atoms with van der Waals surface area (Å²) < 4.78 is 6.42. The van der Waals surface area contributed by atoms with Crippen molar-refractivity contribution in [1.29, 1.82) is 0 Å². The van der Waals surface area contributed by atoms with Gasteiger partial charge in [-0.05, 0) is 51.4 Å². The van der Waals surface area contributed by atoms with Crippen LogP contribution in [0.1, 0.15) is 80.6 Å². The average Bonchev–Trinajstić information content (AvgIpc) is 3.32. The van der Waals surface area contributed by atoms with E-state index in [9.17, 15) is 19.5 Å². The highest BCUT2D eigenvalue weighted by molar-refractivity contribution is 5.99. The molecule has 8 nitrogen and oxygen atoms in total. The molecule has 0 aromatic carbocycles. The first-order chi connectivity index (χ1) is 15.3. The molecular formula is C25H43N3O5. The molecule has 188 valence electrons. The molecule has 3 fully saturated rings. The van der Waals surface area contributed by atoms with Crippen molar-refractivity contribution in [1.82, 2.24) is 15.5 Å². The van der Waals surface area contributed by atoms with Gasteiger partial charge in [-0.3, -0.25) is 14.4 Å². The van der Waals surface area contributed by atoms with Gasteiger partial charge in [-0.25, -0.2) is 0 Å². The highest BCUT2D eigenvalue weighted by Gasteiger charge is 2.75. The summed E-state index contributed by atoms with van der Waals surface area (Å²) in [7, 11) is 0. The van der Waals surface area contributed by atoms with E-state index in [1.54, 1.807) is 0 Å². The normalized spacial score (nSPS) is 32.1. The van der Waals surface area contributed by atoms with Crippen molar-refractivity contribution in [3.8, 4) is 0 Å². The number of nitrogens with one attached hydrogen (secondary N) is 2. The lowest BCUT2D eigenvalue weighted by atomic mass is 9.70. The topological polar surface area (TPSA) is 108 Å². The van der Waals surface area contributed by atoms with Crippen LogP contribution in [-0.4, -0.2) is 70.2 Å². The van der Waals surface area contributed by atoms with Crippen molar-refractivity contribution in [2.24, 2.45) is 17.3 Å². The number of carbonyl (C=O) groups is 3. The second-order valence-electron chi connectivity index (χ2n) is 11.9. The number of rotatable bonds is 9. The molecule has 2 bridgehead atoms. The first-order valence-corrected chi connectivity index (χ1v) is 12.5. The summed E-state index contributed by atoms with van der Waals surface area (Å²) in [6.07, 6.45) is 2.91. The zero-order valence-corrected chi connectivity index (χ0v) is 21.4. The molecule has 3 heterocycles. The van der Waals surface area contributed by atoms with Crippen LogP contribution in [0, 0.1) is 17.3 Å². The number of nitrogens with zero attached hydrogens (tertiary/aromatic N) is 1. The Balaban J connectivity index is 1.98. The van der Waals surface area contributed by atoms with E-state index < -0.39 is 35.1 Å². The molecule has 3 amide bonds. The molecule has 33 heavy (non-hydrogen) atoms. The molecule has 0 saturated carbocycles. The van der Waals surface area contributed by atoms with Gasteiger partial charge in [0.05, 0.1) is 30.6 Å². The Labute approximate surface area is 198 Å². The summed E-state index contributed by atoms with van der Waals surface area (Å²) in [4.78, 5) is 42.2. The monoisotopic (exact) mass is 465 g/mol. The van der Waals surface area contributed by atoms with Crippen molar-refractivity contribution in [2.45, 2.75) is 110 Å². The highest BCUT2D eigenvalue weighted by Crippen LogP contribution is 2.58. The van der Waals surface area contributed by atoms with Gasteiger partial charge in [0.1, 0.15) is 11.6 Å². The smallest absolute Gasteiger partial charge is 0.246 e. The summed E-state index contributed by atoms with van der Waals surface area (Å²) in [5.41, 5.74) is -1.51. The van der Waals surface area contributed by atoms with Crippen molar-refractivity contribution < 1.29 is 24.2 Å². The van der Waals surface area contributed by atoms with Crippen molar-refractivity contribution in [3.63, 3.8) is 0 Å². The van der Waals surface area contributed by atoms with Gasteiger partial charge in [-0.1, -0.05) is 34.6 Å². The van der Waals surface area contributed by atoms with E-state index in [4.69, 9.17) is 4.74 Å². The van der Waals surface area contributed by atoms with Gasteiger partial charge in [-0.2, -0.15) is 0 Å². The zero-order valence-electron chi connectivity index (χ0n) is 21.4. The molecule has 0 aromatic heterocycles. The lowest BCUT2D eigenvalue weighted by Crippen LogP contribution is -2.61. The largest absolute Gasteiger partial charge is 0.394 e. The number of amides is 3. The summed E-state index contributed by atoms with van der Waals surface area (Å²) >= 11 is 0. The maximum absolute atomic E-state index is 13.8. The number of fused-ring (bicyclic) bond motifs is 1. The third-order valence-corrected chi connectivity index (χ3v) is 7.35. The zero-order chi connectivity index (χ0) is 24.8. The van der Waals surface area contributed by atoms with Crippen molar-refractivity contribution >= 4 is 17.7 Å². The highest BCUT2D eigenvalue weighted by atomic mass is 16.5. The van der Waals surface area contributed by atoms with Crippen LogP contribution in [0.5, 0.6) is 0 Å². The second-order valence-corrected chi connectivity index (χ2v) is 11.9. The van der Waals surface area contributed by atoms with Crippen molar-refractivity contribution in [2.75, 3.05) is 13.2 Å². The minimum absolute atomic E-state index is 0.00457. The maximum atomic E-state index is 13.8. The number of ether oxygens (including phenoxy) is 1. The standard InChI is InChI=1S/C25H43N3O5/c1-8-12-26-20(30)17-16-10-11-25(33-16)18(17)22(32)28(15(9-2)13-29)19(25)21(31)27-24(6,7)14-23(3,4)5/h15-19,29H,8-14H2,1-7H3,(H,26,30)(H,27,31)/t15-,16+,17-,18-,19?,25?/m0/s1. The molecule has 3 aliphatic rings. The predicted octanol–water partition coefficient (Wildman–Crippen LogP) is 1.99. The van der Waals surface area contributed by atoms with Gasteiger partial charge < -0.3 is 25.4 Å². The fraction of sp³-hybridized carbons (Fsp3) is 0.880. The van der Waals surface area contributed by atoms with Gasteiger partial charge >= 0.3 is 0 Å². The van der Waals surface area contributed by atoms with Crippen LogP contribution < -0.4 is 10.6 Å².